The van der Waals surface area contributed by atoms with Gasteiger partial charge in [-0.2, -0.15) is 0 Å². The van der Waals surface area contributed by atoms with Crippen LogP contribution in [0.3, 0.4) is 0 Å². The maximum Gasteiger partial charge on any atom is 0.247 e. The van der Waals surface area contributed by atoms with Crippen LogP contribution in [-0.2, 0) is 9.59 Å². The molecule has 0 saturated carbocycles. The second kappa shape index (κ2) is 6.04. The zero-order chi connectivity index (χ0) is 16.6. The van der Waals surface area contributed by atoms with Gasteiger partial charge in [-0.05, 0) is 36.8 Å². The summed E-state index contributed by atoms with van der Waals surface area (Å²) < 4.78 is 13.5. The molecule has 1 saturated heterocycles. The number of para-hydroxylation sites is 1. The van der Waals surface area contributed by atoms with Crippen molar-refractivity contribution in [3.63, 3.8) is 0 Å². The van der Waals surface area contributed by atoms with E-state index in [-0.39, 0.29) is 18.2 Å². The first-order valence-electron chi connectivity index (χ1n) is 7.11. The van der Waals surface area contributed by atoms with E-state index in [1.165, 1.54) is 23.9 Å². The standard InChI is InChI=1S/C17H15FN2O2S/c1-10-6-7-11(18)8-13(10)20-16(21)9-15(17(20)22)23-14-5-3-2-4-12(14)19/h2-8,15H,9,19H2,1H3/t15-/m0/s1. The Bertz CT molecular complexity index is 794. The molecule has 3 rings (SSSR count). The lowest BCUT2D eigenvalue weighted by molar-refractivity contribution is -0.121. The molecular formula is C17H15FN2O2S. The maximum atomic E-state index is 13.5. The molecule has 2 aromatic carbocycles. The molecule has 0 aliphatic carbocycles. The molecule has 118 valence electrons. The fourth-order valence-electron chi connectivity index (χ4n) is 2.51. The summed E-state index contributed by atoms with van der Waals surface area (Å²) >= 11 is 1.27. The number of imide groups is 1. The molecular weight excluding hydrogens is 315 g/mol. The lowest BCUT2D eigenvalue weighted by Gasteiger charge is -2.17. The van der Waals surface area contributed by atoms with Crippen LogP contribution in [0, 0.1) is 12.7 Å². The van der Waals surface area contributed by atoms with E-state index in [4.69, 9.17) is 5.73 Å². The lowest BCUT2D eigenvalue weighted by Crippen LogP contribution is -2.31. The van der Waals surface area contributed by atoms with Crippen molar-refractivity contribution in [1.82, 2.24) is 0 Å². The molecule has 0 unspecified atom stereocenters. The molecule has 23 heavy (non-hydrogen) atoms. The number of carbonyl (C=O) groups excluding carboxylic acids is 2. The fourth-order valence-corrected chi connectivity index (χ4v) is 3.61. The minimum absolute atomic E-state index is 0.0772. The highest BCUT2D eigenvalue weighted by Gasteiger charge is 2.41. The van der Waals surface area contributed by atoms with Gasteiger partial charge < -0.3 is 5.73 Å². The monoisotopic (exact) mass is 330 g/mol. The molecule has 0 aromatic heterocycles. The molecule has 1 aliphatic heterocycles. The smallest absolute Gasteiger partial charge is 0.247 e. The molecule has 1 fully saturated rings. The molecule has 2 amide bonds. The number of carbonyl (C=O) groups is 2. The number of halogens is 1. The van der Waals surface area contributed by atoms with Crippen molar-refractivity contribution in [1.29, 1.82) is 0 Å². The Kier molecular flexibility index (Phi) is 4.09. The van der Waals surface area contributed by atoms with E-state index in [2.05, 4.69) is 0 Å². The van der Waals surface area contributed by atoms with E-state index in [1.807, 2.05) is 18.2 Å². The zero-order valence-corrected chi connectivity index (χ0v) is 13.3. The number of aryl methyl sites for hydroxylation is 1. The van der Waals surface area contributed by atoms with Gasteiger partial charge in [0.2, 0.25) is 11.8 Å². The van der Waals surface area contributed by atoms with Crippen molar-refractivity contribution >= 4 is 35.0 Å². The van der Waals surface area contributed by atoms with E-state index in [0.29, 0.717) is 16.9 Å². The SMILES string of the molecule is Cc1ccc(F)cc1N1C(=O)C[C@H](Sc2ccccc2N)C1=O. The number of amides is 2. The van der Waals surface area contributed by atoms with Gasteiger partial charge in [0.1, 0.15) is 5.82 Å². The highest BCUT2D eigenvalue weighted by molar-refractivity contribution is 8.00. The van der Waals surface area contributed by atoms with Gasteiger partial charge in [0, 0.05) is 17.0 Å². The third-order valence-electron chi connectivity index (χ3n) is 3.71. The van der Waals surface area contributed by atoms with Crippen molar-refractivity contribution in [2.75, 3.05) is 10.6 Å². The van der Waals surface area contributed by atoms with Crippen molar-refractivity contribution in [2.45, 2.75) is 23.5 Å². The second-order valence-corrected chi connectivity index (χ2v) is 6.59. The molecule has 1 aliphatic rings. The first kappa shape index (κ1) is 15.6. The second-order valence-electron chi connectivity index (χ2n) is 5.35. The van der Waals surface area contributed by atoms with Gasteiger partial charge in [-0.25, -0.2) is 9.29 Å². The highest BCUT2D eigenvalue weighted by atomic mass is 32.2. The van der Waals surface area contributed by atoms with Crippen LogP contribution in [0.5, 0.6) is 0 Å². The van der Waals surface area contributed by atoms with Crippen LogP contribution < -0.4 is 10.6 Å². The van der Waals surface area contributed by atoms with Crippen molar-refractivity contribution in [3.05, 3.63) is 53.8 Å². The van der Waals surface area contributed by atoms with E-state index < -0.39 is 11.1 Å². The fraction of sp³-hybridized carbons (Fsp3) is 0.176. The summed E-state index contributed by atoms with van der Waals surface area (Å²) in [5, 5.41) is -0.546. The predicted octanol–water partition coefficient (Wildman–Crippen LogP) is 3.14. The summed E-state index contributed by atoms with van der Waals surface area (Å²) in [6.07, 6.45) is 0.0772. The Hall–Kier alpha value is -2.34. The van der Waals surface area contributed by atoms with Crippen LogP contribution in [0.15, 0.2) is 47.4 Å². The topological polar surface area (TPSA) is 63.4 Å². The minimum Gasteiger partial charge on any atom is -0.398 e. The quantitative estimate of drug-likeness (QED) is 0.694. The largest absolute Gasteiger partial charge is 0.398 e. The summed E-state index contributed by atoms with van der Waals surface area (Å²) in [6, 6.07) is 11.3. The minimum atomic E-state index is -0.546. The molecule has 2 N–H and O–H groups in total. The number of nitrogens with two attached hydrogens (primary N) is 1. The van der Waals surface area contributed by atoms with Gasteiger partial charge in [0.05, 0.1) is 10.9 Å². The van der Waals surface area contributed by atoms with Gasteiger partial charge in [-0.3, -0.25) is 9.59 Å². The van der Waals surface area contributed by atoms with Crippen LogP contribution in [-0.4, -0.2) is 17.1 Å². The van der Waals surface area contributed by atoms with Gasteiger partial charge in [0.15, 0.2) is 0 Å². The molecule has 0 bridgehead atoms. The van der Waals surface area contributed by atoms with Crippen LogP contribution in [0.2, 0.25) is 0 Å². The van der Waals surface area contributed by atoms with Gasteiger partial charge >= 0.3 is 0 Å². The van der Waals surface area contributed by atoms with Gasteiger partial charge in [-0.1, -0.05) is 18.2 Å². The van der Waals surface area contributed by atoms with Crippen LogP contribution in [0.1, 0.15) is 12.0 Å². The summed E-state index contributed by atoms with van der Waals surface area (Å²) in [6.45, 7) is 1.74. The predicted molar refractivity (Wildman–Crippen MR) is 88.7 cm³/mol. The van der Waals surface area contributed by atoms with E-state index in [0.717, 1.165) is 9.80 Å². The van der Waals surface area contributed by atoms with Gasteiger partial charge in [-0.15, -0.1) is 11.8 Å². The normalized spacial score (nSPS) is 17.8. The molecule has 2 aromatic rings. The Morgan fingerprint density at radius 1 is 1.22 bits per heavy atom. The third-order valence-corrected chi connectivity index (χ3v) is 4.98. The Morgan fingerprint density at radius 2 is 1.96 bits per heavy atom. The molecule has 1 atom stereocenters. The van der Waals surface area contributed by atoms with Crippen molar-refractivity contribution in [3.8, 4) is 0 Å². The Morgan fingerprint density at radius 3 is 2.70 bits per heavy atom. The van der Waals surface area contributed by atoms with Crippen LogP contribution >= 0.6 is 11.8 Å². The number of anilines is 2. The van der Waals surface area contributed by atoms with Crippen molar-refractivity contribution in [2.24, 2.45) is 0 Å². The van der Waals surface area contributed by atoms with Crippen LogP contribution in [0.25, 0.3) is 0 Å². The summed E-state index contributed by atoms with van der Waals surface area (Å²) in [5.41, 5.74) is 7.44. The van der Waals surface area contributed by atoms with Crippen LogP contribution in [0.4, 0.5) is 15.8 Å². The number of rotatable bonds is 3. The molecule has 0 spiro atoms. The lowest BCUT2D eigenvalue weighted by atomic mass is 10.2. The molecule has 0 radical (unpaired) electrons. The number of thioether (sulfide) groups is 1. The van der Waals surface area contributed by atoms with Gasteiger partial charge in [0.25, 0.3) is 0 Å². The van der Waals surface area contributed by atoms with Crippen molar-refractivity contribution < 1.29 is 14.0 Å². The number of nitrogen functional groups attached to an aromatic ring is 1. The van der Waals surface area contributed by atoms with E-state index in [9.17, 15) is 14.0 Å². The highest BCUT2D eigenvalue weighted by Crippen LogP contribution is 2.37. The molecule has 6 heteroatoms. The number of nitrogens with zero attached hydrogens (tertiary/aromatic N) is 1. The average Bonchev–Trinajstić information content (AvgIpc) is 2.79. The maximum absolute atomic E-state index is 13.5. The first-order chi connectivity index (χ1) is 11.0. The number of benzene rings is 2. The summed E-state index contributed by atoms with van der Waals surface area (Å²) in [5.74, 6) is -1.14. The molecule has 4 nitrogen and oxygen atoms in total. The number of hydrogen-bond donors (Lipinski definition) is 1. The average molecular weight is 330 g/mol. The summed E-state index contributed by atoms with van der Waals surface area (Å²) in [7, 11) is 0. The van der Waals surface area contributed by atoms with E-state index in [1.54, 1.807) is 19.1 Å². The first-order valence-corrected chi connectivity index (χ1v) is 7.99. The molecule has 1 heterocycles. The Labute approximate surface area is 137 Å². The number of hydrogen-bond acceptors (Lipinski definition) is 4. The zero-order valence-electron chi connectivity index (χ0n) is 12.5. The third kappa shape index (κ3) is 2.94. The van der Waals surface area contributed by atoms with E-state index >= 15 is 0 Å². The Balaban J connectivity index is 1.88. The summed E-state index contributed by atoms with van der Waals surface area (Å²) in [4.78, 5) is 26.7.